The lowest BCUT2D eigenvalue weighted by atomic mass is 9.98. The van der Waals surface area contributed by atoms with Crippen molar-refractivity contribution in [1.82, 2.24) is 5.32 Å². The van der Waals surface area contributed by atoms with Crippen LogP contribution in [0.5, 0.6) is 0 Å². The molecule has 1 aliphatic carbocycles. The number of aliphatic hydroxyl groups is 1. The molecule has 2 aromatic rings. The van der Waals surface area contributed by atoms with Gasteiger partial charge < -0.3 is 20.3 Å². The maximum atomic E-state index is 12.1. The van der Waals surface area contributed by atoms with Gasteiger partial charge >= 0.3 is 12.1 Å². The summed E-state index contributed by atoms with van der Waals surface area (Å²) in [6.07, 6.45) is -0.919. The summed E-state index contributed by atoms with van der Waals surface area (Å²) in [5.74, 6) is -1.32. The number of carboxylic acid groups (broad SMARTS) is 1. The van der Waals surface area contributed by atoms with E-state index >= 15 is 0 Å². The van der Waals surface area contributed by atoms with Gasteiger partial charge in [-0.2, -0.15) is 0 Å². The molecule has 3 rings (SSSR count). The monoisotopic (exact) mass is 355 g/mol. The van der Waals surface area contributed by atoms with Crippen molar-refractivity contribution in [3.05, 3.63) is 59.7 Å². The largest absolute Gasteiger partial charge is 0.480 e. The van der Waals surface area contributed by atoms with Gasteiger partial charge in [0, 0.05) is 18.9 Å². The standard InChI is InChI=1S/C20H21NO5/c1-20(10-11-22,18(23)24)21-19(25)26-12-17-15-8-4-2-6-13(15)14-7-3-5-9-16(14)17/h2-9,17,22H,10-12H2,1H3,(H,21,25)(H,23,24)/t20-/m0/s1. The topological polar surface area (TPSA) is 95.9 Å². The van der Waals surface area contributed by atoms with E-state index < -0.39 is 17.6 Å². The van der Waals surface area contributed by atoms with E-state index in [0.717, 1.165) is 22.3 Å². The van der Waals surface area contributed by atoms with E-state index in [-0.39, 0.29) is 25.6 Å². The Morgan fingerprint density at radius 1 is 1.08 bits per heavy atom. The number of fused-ring (bicyclic) bond motifs is 3. The highest BCUT2D eigenvalue weighted by atomic mass is 16.5. The van der Waals surface area contributed by atoms with Crippen molar-refractivity contribution >= 4 is 12.1 Å². The Morgan fingerprint density at radius 2 is 1.62 bits per heavy atom. The first-order chi connectivity index (χ1) is 12.5. The summed E-state index contributed by atoms with van der Waals surface area (Å²) in [5.41, 5.74) is 2.83. The van der Waals surface area contributed by atoms with Crippen molar-refractivity contribution in [2.45, 2.75) is 24.8 Å². The first kappa shape index (κ1) is 17.9. The lowest BCUT2D eigenvalue weighted by Crippen LogP contribution is -2.53. The van der Waals surface area contributed by atoms with Crippen LogP contribution in [0, 0.1) is 0 Å². The fraction of sp³-hybridized carbons (Fsp3) is 0.300. The zero-order valence-corrected chi connectivity index (χ0v) is 14.4. The van der Waals surface area contributed by atoms with Crippen LogP contribution in [-0.2, 0) is 9.53 Å². The van der Waals surface area contributed by atoms with Gasteiger partial charge in [-0.25, -0.2) is 9.59 Å². The van der Waals surface area contributed by atoms with E-state index in [1.165, 1.54) is 6.92 Å². The second-order valence-corrected chi connectivity index (χ2v) is 6.56. The number of aliphatic hydroxyl groups excluding tert-OH is 1. The molecule has 0 saturated heterocycles. The molecule has 0 radical (unpaired) electrons. The SMILES string of the molecule is C[C@@](CCO)(NC(=O)OCC1c2ccccc2-c2ccccc21)C(=O)O. The molecule has 0 aliphatic heterocycles. The number of ether oxygens (including phenoxy) is 1. The number of nitrogens with one attached hydrogen (secondary N) is 1. The Labute approximate surface area is 151 Å². The van der Waals surface area contributed by atoms with Crippen LogP contribution >= 0.6 is 0 Å². The molecule has 26 heavy (non-hydrogen) atoms. The summed E-state index contributed by atoms with van der Waals surface area (Å²) < 4.78 is 5.34. The van der Waals surface area contributed by atoms with Gasteiger partial charge in [0.1, 0.15) is 12.1 Å². The molecule has 0 bridgehead atoms. The normalized spacial score (nSPS) is 14.8. The Kier molecular flexibility index (Phi) is 4.95. The first-order valence-corrected chi connectivity index (χ1v) is 8.43. The molecule has 0 unspecified atom stereocenters. The molecule has 2 aromatic carbocycles. The Balaban J connectivity index is 1.74. The average molecular weight is 355 g/mol. The molecule has 6 heteroatoms. The minimum absolute atomic E-state index is 0.0953. The lowest BCUT2D eigenvalue weighted by Gasteiger charge is -2.25. The smallest absolute Gasteiger partial charge is 0.408 e. The van der Waals surface area contributed by atoms with Crippen molar-refractivity contribution in [2.24, 2.45) is 0 Å². The summed E-state index contributed by atoms with van der Waals surface area (Å²) in [6.45, 7) is 1.09. The molecule has 0 aromatic heterocycles. The molecular weight excluding hydrogens is 334 g/mol. The van der Waals surface area contributed by atoms with Crippen molar-refractivity contribution in [2.75, 3.05) is 13.2 Å². The molecule has 6 nitrogen and oxygen atoms in total. The second-order valence-electron chi connectivity index (χ2n) is 6.56. The minimum Gasteiger partial charge on any atom is -0.480 e. The number of carboxylic acids is 1. The zero-order chi connectivity index (χ0) is 18.7. The van der Waals surface area contributed by atoms with E-state index in [1.54, 1.807) is 0 Å². The lowest BCUT2D eigenvalue weighted by molar-refractivity contribution is -0.144. The van der Waals surface area contributed by atoms with Gasteiger partial charge in [0.15, 0.2) is 0 Å². The van der Waals surface area contributed by atoms with E-state index in [9.17, 15) is 14.7 Å². The fourth-order valence-electron chi connectivity index (χ4n) is 3.31. The number of hydrogen-bond donors (Lipinski definition) is 3. The second kappa shape index (κ2) is 7.17. The fourth-order valence-corrected chi connectivity index (χ4v) is 3.31. The van der Waals surface area contributed by atoms with Gasteiger partial charge in [-0.3, -0.25) is 0 Å². The van der Waals surface area contributed by atoms with E-state index in [1.807, 2.05) is 48.5 Å². The van der Waals surface area contributed by atoms with E-state index in [4.69, 9.17) is 9.84 Å². The number of aliphatic carboxylic acids is 1. The number of alkyl carbamates (subject to hydrolysis) is 1. The number of rotatable bonds is 6. The predicted molar refractivity (Wildman–Crippen MR) is 95.9 cm³/mol. The van der Waals surface area contributed by atoms with Crippen LogP contribution in [0.3, 0.4) is 0 Å². The van der Waals surface area contributed by atoms with Crippen LogP contribution < -0.4 is 5.32 Å². The van der Waals surface area contributed by atoms with Gasteiger partial charge in [-0.1, -0.05) is 48.5 Å². The molecule has 0 fully saturated rings. The van der Waals surface area contributed by atoms with Crippen LogP contribution in [0.4, 0.5) is 4.79 Å². The van der Waals surface area contributed by atoms with Gasteiger partial charge in [-0.15, -0.1) is 0 Å². The van der Waals surface area contributed by atoms with Gasteiger partial charge in [0.25, 0.3) is 0 Å². The quantitative estimate of drug-likeness (QED) is 0.740. The Hall–Kier alpha value is -2.86. The molecular formula is C20H21NO5. The van der Waals surface area contributed by atoms with E-state index in [0.29, 0.717) is 0 Å². The molecule has 1 aliphatic rings. The van der Waals surface area contributed by atoms with Crippen LogP contribution in [0.2, 0.25) is 0 Å². The highest BCUT2D eigenvalue weighted by Gasteiger charge is 2.35. The molecule has 0 spiro atoms. The third-order valence-corrected chi connectivity index (χ3v) is 4.81. The molecule has 1 amide bonds. The van der Waals surface area contributed by atoms with Crippen LogP contribution in [0.15, 0.2) is 48.5 Å². The Morgan fingerprint density at radius 3 is 2.12 bits per heavy atom. The number of carbonyl (C=O) groups excluding carboxylic acids is 1. The number of benzene rings is 2. The Bertz CT molecular complexity index is 789. The highest BCUT2D eigenvalue weighted by Crippen LogP contribution is 2.44. The van der Waals surface area contributed by atoms with Crippen LogP contribution in [-0.4, -0.2) is 41.0 Å². The molecule has 136 valence electrons. The molecule has 3 N–H and O–H groups in total. The van der Waals surface area contributed by atoms with Crippen LogP contribution in [0.1, 0.15) is 30.4 Å². The summed E-state index contributed by atoms with van der Waals surface area (Å²) in [4.78, 5) is 23.5. The highest BCUT2D eigenvalue weighted by molar-refractivity contribution is 5.84. The van der Waals surface area contributed by atoms with Crippen molar-refractivity contribution in [3.8, 4) is 11.1 Å². The summed E-state index contributed by atoms with van der Waals surface area (Å²) in [6, 6.07) is 15.9. The summed E-state index contributed by atoms with van der Waals surface area (Å²) >= 11 is 0. The van der Waals surface area contributed by atoms with Crippen molar-refractivity contribution in [3.63, 3.8) is 0 Å². The number of amides is 1. The predicted octanol–water partition coefficient (Wildman–Crippen LogP) is 2.75. The molecule has 1 atom stereocenters. The third-order valence-electron chi connectivity index (χ3n) is 4.81. The van der Waals surface area contributed by atoms with Crippen molar-refractivity contribution in [1.29, 1.82) is 0 Å². The van der Waals surface area contributed by atoms with Gasteiger partial charge in [-0.05, 0) is 29.2 Å². The maximum Gasteiger partial charge on any atom is 0.408 e. The van der Waals surface area contributed by atoms with Crippen LogP contribution in [0.25, 0.3) is 11.1 Å². The average Bonchev–Trinajstić information content (AvgIpc) is 2.94. The van der Waals surface area contributed by atoms with Gasteiger partial charge in [0.05, 0.1) is 0 Å². The molecule has 0 saturated carbocycles. The first-order valence-electron chi connectivity index (χ1n) is 8.43. The number of hydrogen-bond acceptors (Lipinski definition) is 4. The number of carbonyl (C=O) groups is 2. The van der Waals surface area contributed by atoms with Crippen molar-refractivity contribution < 1.29 is 24.5 Å². The maximum absolute atomic E-state index is 12.1. The van der Waals surface area contributed by atoms with E-state index in [2.05, 4.69) is 5.32 Å². The third kappa shape index (κ3) is 3.28. The summed E-state index contributed by atoms with van der Waals surface area (Å²) in [5, 5.41) is 20.6. The molecule has 0 heterocycles. The minimum atomic E-state index is -1.57. The zero-order valence-electron chi connectivity index (χ0n) is 14.4. The van der Waals surface area contributed by atoms with Gasteiger partial charge in [0.2, 0.25) is 0 Å². The summed E-state index contributed by atoms with van der Waals surface area (Å²) in [7, 11) is 0.